The summed E-state index contributed by atoms with van der Waals surface area (Å²) in [7, 11) is 1.65. The molecule has 2 aromatic carbocycles. The van der Waals surface area contributed by atoms with E-state index in [1.807, 2.05) is 42.5 Å². The maximum atomic E-state index is 12.2. The molecule has 0 fully saturated rings. The SMILES string of the molecule is COc1ccc2c(c1)sc1c(=O)[nH]c3ccccc3c12. The molecule has 0 unspecified atom stereocenters. The van der Waals surface area contributed by atoms with Crippen molar-refractivity contribution in [2.45, 2.75) is 0 Å². The molecule has 3 nitrogen and oxygen atoms in total. The van der Waals surface area contributed by atoms with Gasteiger partial charge in [-0.25, -0.2) is 0 Å². The van der Waals surface area contributed by atoms with Gasteiger partial charge in [-0.05, 0) is 24.3 Å². The van der Waals surface area contributed by atoms with Crippen LogP contribution in [-0.4, -0.2) is 12.1 Å². The molecular weight excluding hydrogens is 270 g/mol. The minimum atomic E-state index is -0.0288. The monoisotopic (exact) mass is 281 g/mol. The summed E-state index contributed by atoms with van der Waals surface area (Å²) in [5.41, 5.74) is 0.847. The zero-order valence-corrected chi connectivity index (χ0v) is 11.6. The van der Waals surface area contributed by atoms with Crippen LogP contribution >= 0.6 is 11.3 Å². The number of para-hydroxylation sites is 1. The van der Waals surface area contributed by atoms with Crippen LogP contribution in [0, 0.1) is 0 Å². The smallest absolute Gasteiger partial charge is 0.266 e. The predicted octanol–water partition coefficient (Wildman–Crippen LogP) is 3.90. The summed E-state index contributed by atoms with van der Waals surface area (Å²) in [5.74, 6) is 0.810. The molecule has 0 spiro atoms. The lowest BCUT2D eigenvalue weighted by atomic mass is 10.1. The van der Waals surface area contributed by atoms with E-state index in [1.165, 1.54) is 11.3 Å². The highest BCUT2D eigenvalue weighted by Gasteiger charge is 2.12. The first kappa shape index (κ1) is 11.5. The van der Waals surface area contributed by atoms with Gasteiger partial charge < -0.3 is 9.72 Å². The summed E-state index contributed by atoms with van der Waals surface area (Å²) in [6, 6.07) is 13.8. The Bertz CT molecular complexity index is 1010. The molecule has 0 bridgehead atoms. The Labute approximate surface area is 118 Å². The first-order valence-corrected chi connectivity index (χ1v) is 7.11. The Morgan fingerprint density at radius 3 is 2.80 bits per heavy atom. The fraction of sp³-hybridized carbons (Fsp3) is 0.0625. The lowest BCUT2D eigenvalue weighted by Crippen LogP contribution is -2.03. The van der Waals surface area contributed by atoms with Crippen LogP contribution in [0.25, 0.3) is 31.1 Å². The number of pyridine rings is 1. The van der Waals surface area contributed by atoms with Crippen molar-refractivity contribution >= 4 is 42.4 Å². The molecule has 0 aliphatic rings. The summed E-state index contributed by atoms with van der Waals surface area (Å²) in [5, 5.41) is 3.22. The molecule has 20 heavy (non-hydrogen) atoms. The first-order valence-electron chi connectivity index (χ1n) is 6.29. The summed E-state index contributed by atoms with van der Waals surface area (Å²) in [6.07, 6.45) is 0. The van der Waals surface area contributed by atoms with Crippen molar-refractivity contribution in [3.05, 3.63) is 52.8 Å². The maximum Gasteiger partial charge on any atom is 0.266 e. The number of thiophene rings is 1. The Morgan fingerprint density at radius 1 is 1.10 bits per heavy atom. The van der Waals surface area contributed by atoms with Crippen molar-refractivity contribution in [3.8, 4) is 5.75 Å². The second-order valence-corrected chi connectivity index (χ2v) is 5.72. The fourth-order valence-corrected chi connectivity index (χ4v) is 3.76. The number of ether oxygens (including phenoxy) is 1. The number of H-pyrrole nitrogens is 1. The van der Waals surface area contributed by atoms with Gasteiger partial charge in [-0.15, -0.1) is 11.3 Å². The molecule has 0 saturated carbocycles. The molecular formula is C16H11NO2S. The van der Waals surface area contributed by atoms with Gasteiger partial charge in [0.15, 0.2) is 0 Å². The second-order valence-electron chi connectivity index (χ2n) is 4.67. The Balaban J connectivity index is 2.30. The number of fused-ring (bicyclic) bond motifs is 5. The minimum absolute atomic E-state index is 0.0288. The van der Waals surface area contributed by atoms with Gasteiger partial charge in [0.05, 0.1) is 7.11 Å². The second kappa shape index (κ2) is 4.08. The molecule has 0 aliphatic carbocycles. The number of hydrogen-bond donors (Lipinski definition) is 1. The van der Waals surface area contributed by atoms with Crippen molar-refractivity contribution in [1.29, 1.82) is 0 Å². The molecule has 2 heterocycles. The zero-order valence-electron chi connectivity index (χ0n) is 10.8. The topological polar surface area (TPSA) is 42.1 Å². The summed E-state index contributed by atoms with van der Waals surface area (Å²) >= 11 is 1.51. The number of aromatic nitrogens is 1. The molecule has 0 aliphatic heterocycles. The summed E-state index contributed by atoms with van der Waals surface area (Å²) in [6.45, 7) is 0. The van der Waals surface area contributed by atoms with Gasteiger partial charge in [0, 0.05) is 26.4 Å². The fourth-order valence-electron chi connectivity index (χ4n) is 2.62. The molecule has 0 atom stereocenters. The van der Waals surface area contributed by atoms with E-state index in [-0.39, 0.29) is 5.56 Å². The zero-order chi connectivity index (χ0) is 13.7. The highest BCUT2D eigenvalue weighted by molar-refractivity contribution is 7.26. The van der Waals surface area contributed by atoms with Crippen molar-refractivity contribution in [1.82, 2.24) is 4.98 Å². The van der Waals surface area contributed by atoms with Crippen LogP contribution < -0.4 is 10.3 Å². The number of rotatable bonds is 1. The normalized spacial score (nSPS) is 11.4. The van der Waals surface area contributed by atoms with Gasteiger partial charge in [0.25, 0.3) is 5.56 Å². The molecule has 0 radical (unpaired) electrons. The highest BCUT2D eigenvalue weighted by Crippen LogP contribution is 2.37. The van der Waals surface area contributed by atoms with E-state index in [2.05, 4.69) is 4.98 Å². The molecule has 4 rings (SSSR count). The summed E-state index contributed by atoms with van der Waals surface area (Å²) in [4.78, 5) is 15.2. The quantitative estimate of drug-likeness (QED) is 0.575. The number of hydrogen-bond acceptors (Lipinski definition) is 3. The third-order valence-corrected chi connectivity index (χ3v) is 4.70. The molecule has 0 amide bonds. The van der Waals surface area contributed by atoms with E-state index in [0.717, 1.165) is 36.8 Å². The van der Waals surface area contributed by atoms with E-state index >= 15 is 0 Å². The summed E-state index contributed by atoms with van der Waals surface area (Å²) < 4.78 is 7.10. The molecule has 0 saturated heterocycles. The Morgan fingerprint density at radius 2 is 1.95 bits per heavy atom. The van der Waals surface area contributed by atoms with Gasteiger partial charge in [0.2, 0.25) is 0 Å². The van der Waals surface area contributed by atoms with Crippen LogP contribution in [-0.2, 0) is 0 Å². The standard InChI is InChI=1S/C16H11NO2S/c1-19-9-6-7-11-13(8-9)20-15-14(11)10-4-2-3-5-12(10)17-16(15)18/h2-8H,1H3,(H,17,18). The highest BCUT2D eigenvalue weighted by atomic mass is 32.1. The van der Waals surface area contributed by atoms with E-state index in [1.54, 1.807) is 7.11 Å². The van der Waals surface area contributed by atoms with E-state index in [4.69, 9.17) is 4.74 Å². The number of nitrogens with one attached hydrogen (secondary N) is 1. The largest absolute Gasteiger partial charge is 0.497 e. The number of methoxy groups -OCH3 is 1. The minimum Gasteiger partial charge on any atom is -0.497 e. The number of benzene rings is 2. The van der Waals surface area contributed by atoms with Crippen LogP contribution in [0.5, 0.6) is 5.75 Å². The molecule has 1 N–H and O–H groups in total. The van der Waals surface area contributed by atoms with Crippen LogP contribution in [0.3, 0.4) is 0 Å². The van der Waals surface area contributed by atoms with E-state index < -0.39 is 0 Å². The van der Waals surface area contributed by atoms with Crippen LogP contribution in [0.4, 0.5) is 0 Å². The third kappa shape index (κ3) is 1.48. The van der Waals surface area contributed by atoms with E-state index in [9.17, 15) is 4.79 Å². The van der Waals surface area contributed by atoms with Gasteiger partial charge in [0.1, 0.15) is 10.4 Å². The van der Waals surface area contributed by atoms with Crippen LogP contribution in [0.15, 0.2) is 47.3 Å². The average molecular weight is 281 g/mol. The third-order valence-electron chi connectivity index (χ3n) is 3.55. The van der Waals surface area contributed by atoms with Gasteiger partial charge in [-0.2, -0.15) is 0 Å². The van der Waals surface area contributed by atoms with Crippen molar-refractivity contribution in [2.24, 2.45) is 0 Å². The van der Waals surface area contributed by atoms with Crippen molar-refractivity contribution in [3.63, 3.8) is 0 Å². The lowest BCUT2D eigenvalue weighted by Gasteiger charge is -2.01. The molecule has 4 heteroatoms. The molecule has 4 aromatic rings. The molecule has 98 valence electrons. The Hall–Kier alpha value is -2.33. The lowest BCUT2D eigenvalue weighted by molar-refractivity contribution is 0.415. The predicted molar refractivity (Wildman–Crippen MR) is 84.0 cm³/mol. The van der Waals surface area contributed by atoms with E-state index in [0.29, 0.717) is 0 Å². The van der Waals surface area contributed by atoms with Crippen molar-refractivity contribution < 1.29 is 4.74 Å². The van der Waals surface area contributed by atoms with Crippen LogP contribution in [0.1, 0.15) is 0 Å². The van der Waals surface area contributed by atoms with Gasteiger partial charge in [-0.3, -0.25) is 4.79 Å². The first-order chi connectivity index (χ1) is 9.78. The average Bonchev–Trinajstić information content (AvgIpc) is 2.86. The Kier molecular flexibility index (Phi) is 2.35. The number of aromatic amines is 1. The van der Waals surface area contributed by atoms with Crippen molar-refractivity contribution in [2.75, 3.05) is 7.11 Å². The van der Waals surface area contributed by atoms with Crippen LogP contribution in [0.2, 0.25) is 0 Å². The van der Waals surface area contributed by atoms with Gasteiger partial charge in [-0.1, -0.05) is 18.2 Å². The molecule has 2 aromatic heterocycles. The maximum absolute atomic E-state index is 12.2. The van der Waals surface area contributed by atoms with Gasteiger partial charge >= 0.3 is 0 Å².